The largest absolute Gasteiger partial charge is 0.393 e. The molecule has 1 heterocycles. The lowest BCUT2D eigenvalue weighted by Crippen LogP contribution is -2.51. The first-order chi connectivity index (χ1) is 9.58. The van der Waals surface area contributed by atoms with Gasteiger partial charge in [-0.3, -0.25) is 0 Å². The van der Waals surface area contributed by atoms with Gasteiger partial charge in [0.05, 0.1) is 6.10 Å². The Morgan fingerprint density at radius 2 is 1.95 bits per heavy atom. The Labute approximate surface area is 125 Å². The van der Waals surface area contributed by atoms with Gasteiger partial charge in [0, 0.05) is 19.1 Å². The Morgan fingerprint density at radius 3 is 2.50 bits per heavy atom. The second kappa shape index (κ2) is 7.77. The number of hydrogen-bond acceptors (Lipinski definition) is 3. The zero-order valence-corrected chi connectivity index (χ0v) is 13.6. The first kappa shape index (κ1) is 16.3. The summed E-state index contributed by atoms with van der Waals surface area (Å²) < 4.78 is 0. The van der Waals surface area contributed by atoms with Gasteiger partial charge in [0.15, 0.2) is 0 Å². The van der Waals surface area contributed by atoms with Gasteiger partial charge in [-0.25, -0.2) is 0 Å². The average Bonchev–Trinajstić information content (AvgIpc) is 2.36. The molecule has 2 N–H and O–H groups in total. The van der Waals surface area contributed by atoms with Gasteiger partial charge < -0.3 is 15.3 Å². The van der Waals surface area contributed by atoms with Gasteiger partial charge in [0.1, 0.15) is 0 Å². The molecule has 1 aliphatic carbocycles. The number of nitrogens with one attached hydrogen (secondary N) is 1. The van der Waals surface area contributed by atoms with Crippen LogP contribution in [0.25, 0.3) is 0 Å². The van der Waals surface area contributed by atoms with E-state index in [-0.39, 0.29) is 6.10 Å². The van der Waals surface area contributed by atoms with Crippen LogP contribution in [0.1, 0.15) is 52.9 Å². The molecule has 1 saturated heterocycles. The van der Waals surface area contributed by atoms with Crippen molar-refractivity contribution >= 4 is 0 Å². The quantitative estimate of drug-likeness (QED) is 0.753. The van der Waals surface area contributed by atoms with Crippen LogP contribution in [0.5, 0.6) is 0 Å². The minimum absolute atomic E-state index is 0.135. The fourth-order valence-corrected chi connectivity index (χ4v) is 3.52. The zero-order chi connectivity index (χ0) is 14.5. The molecule has 0 aromatic rings. The maximum Gasteiger partial charge on any atom is 0.0566 e. The van der Waals surface area contributed by atoms with Gasteiger partial charge in [0.25, 0.3) is 0 Å². The van der Waals surface area contributed by atoms with Gasteiger partial charge in [-0.05, 0) is 56.5 Å². The number of aliphatic hydroxyl groups excluding tert-OH is 1. The van der Waals surface area contributed by atoms with Gasteiger partial charge in [-0.15, -0.1) is 0 Å². The van der Waals surface area contributed by atoms with E-state index in [0.717, 1.165) is 18.9 Å². The van der Waals surface area contributed by atoms with E-state index in [1.54, 1.807) is 0 Å². The van der Waals surface area contributed by atoms with Gasteiger partial charge >= 0.3 is 0 Å². The number of rotatable bonds is 7. The van der Waals surface area contributed by atoms with E-state index in [1.165, 1.54) is 45.3 Å². The fraction of sp³-hybridized carbons (Fsp3) is 1.00. The van der Waals surface area contributed by atoms with Crippen LogP contribution in [-0.4, -0.2) is 48.3 Å². The molecule has 3 nitrogen and oxygen atoms in total. The van der Waals surface area contributed by atoms with E-state index in [9.17, 15) is 5.11 Å². The second-order valence-electron chi connectivity index (χ2n) is 7.40. The van der Waals surface area contributed by atoms with E-state index in [4.69, 9.17) is 0 Å². The van der Waals surface area contributed by atoms with Crippen LogP contribution in [0.4, 0.5) is 0 Å². The number of aliphatic hydroxyl groups is 1. The summed E-state index contributed by atoms with van der Waals surface area (Å²) in [6.07, 6.45) is 6.35. The summed E-state index contributed by atoms with van der Waals surface area (Å²) in [5, 5.41) is 13.9. The Morgan fingerprint density at radius 1 is 1.20 bits per heavy atom. The molecule has 2 fully saturated rings. The SMILES string of the molecule is CCN1CC(CC(O)C(C)C)CC(NCC2CCC2)C1. The number of nitrogens with zero attached hydrogens (tertiary/aromatic N) is 1. The van der Waals surface area contributed by atoms with Crippen molar-refractivity contribution < 1.29 is 5.11 Å². The third-order valence-corrected chi connectivity index (χ3v) is 5.32. The van der Waals surface area contributed by atoms with Crippen molar-refractivity contribution in [1.82, 2.24) is 10.2 Å². The number of piperidine rings is 1. The summed E-state index contributed by atoms with van der Waals surface area (Å²) in [4.78, 5) is 2.56. The molecule has 1 saturated carbocycles. The Hall–Kier alpha value is -0.120. The molecule has 2 rings (SSSR count). The predicted octanol–water partition coefficient (Wildman–Crippen LogP) is 2.49. The van der Waals surface area contributed by atoms with Crippen LogP contribution >= 0.6 is 0 Å². The van der Waals surface area contributed by atoms with Gasteiger partial charge in [-0.1, -0.05) is 27.2 Å². The lowest BCUT2D eigenvalue weighted by molar-refractivity contribution is 0.0620. The molecular formula is C17H34N2O. The van der Waals surface area contributed by atoms with Crippen LogP contribution < -0.4 is 5.32 Å². The average molecular weight is 282 g/mol. The van der Waals surface area contributed by atoms with Crippen LogP contribution in [0, 0.1) is 17.8 Å². The molecule has 2 aliphatic rings. The predicted molar refractivity (Wildman–Crippen MR) is 84.8 cm³/mol. The molecule has 3 unspecified atom stereocenters. The first-order valence-electron chi connectivity index (χ1n) is 8.72. The monoisotopic (exact) mass is 282 g/mol. The van der Waals surface area contributed by atoms with E-state index in [0.29, 0.717) is 17.9 Å². The number of likely N-dealkylation sites (tertiary alicyclic amines) is 1. The standard InChI is InChI=1S/C17H34N2O/c1-4-19-11-15(9-17(20)13(2)3)8-16(12-19)18-10-14-6-5-7-14/h13-18,20H,4-12H2,1-3H3. The minimum atomic E-state index is -0.135. The van der Waals surface area contributed by atoms with Crippen LogP contribution in [0.15, 0.2) is 0 Å². The molecule has 20 heavy (non-hydrogen) atoms. The summed E-state index contributed by atoms with van der Waals surface area (Å²) in [6, 6.07) is 0.633. The van der Waals surface area contributed by atoms with E-state index < -0.39 is 0 Å². The van der Waals surface area contributed by atoms with E-state index >= 15 is 0 Å². The van der Waals surface area contributed by atoms with E-state index in [1.807, 2.05) is 0 Å². The molecule has 0 aromatic carbocycles. The number of likely N-dealkylation sites (N-methyl/N-ethyl adjacent to an activating group) is 1. The summed E-state index contributed by atoms with van der Waals surface area (Å²) >= 11 is 0. The van der Waals surface area contributed by atoms with Crippen LogP contribution in [0.3, 0.4) is 0 Å². The lowest BCUT2D eigenvalue weighted by Gasteiger charge is -2.40. The van der Waals surface area contributed by atoms with Crippen molar-refractivity contribution in [3.05, 3.63) is 0 Å². The lowest BCUT2D eigenvalue weighted by atomic mass is 9.84. The second-order valence-corrected chi connectivity index (χ2v) is 7.40. The first-order valence-corrected chi connectivity index (χ1v) is 8.72. The summed E-state index contributed by atoms with van der Waals surface area (Å²) in [6.45, 7) is 11.2. The third kappa shape index (κ3) is 4.71. The smallest absolute Gasteiger partial charge is 0.0566 e. The van der Waals surface area contributed by atoms with Crippen molar-refractivity contribution in [1.29, 1.82) is 0 Å². The molecule has 3 atom stereocenters. The molecule has 118 valence electrons. The van der Waals surface area contributed by atoms with Crippen molar-refractivity contribution in [2.24, 2.45) is 17.8 Å². The Kier molecular flexibility index (Phi) is 6.31. The molecule has 0 bridgehead atoms. The maximum absolute atomic E-state index is 10.2. The molecular weight excluding hydrogens is 248 g/mol. The number of hydrogen-bond donors (Lipinski definition) is 2. The minimum Gasteiger partial charge on any atom is -0.393 e. The molecule has 0 aromatic heterocycles. The highest BCUT2D eigenvalue weighted by atomic mass is 16.3. The third-order valence-electron chi connectivity index (χ3n) is 5.32. The molecule has 0 radical (unpaired) electrons. The van der Waals surface area contributed by atoms with Gasteiger partial charge in [0.2, 0.25) is 0 Å². The van der Waals surface area contributed by atoms with Crippen molar-refractivity contribution in [3.63, 3.8) is 0 Å². The van der Waals surface area contributed by atoms with Crippen LogP contribution in [-0.2, 0) is 0 Å². The molecule has 1 aliphatic heterocycles. The molecule has 3 heteroatoms. The fourth-order valence-electron chi connectivity index (χ4n) is 3.52. The highest BCUT2D eigenvalue weighted by molar-refractivity contribution is 4.86. The Balaban J connectivity index is 1.79. The summed E-state index contributed by atoms with van der Waals surface area (Å²) in [7, 11) is 0. The van der Waals surface area contributed by atoms with Gasteiger partial charge in [-0.2, -0.15) is 0 Å². The summed E-state index contributed by atoms with van der Waals surface area (Å²) in [5.74, 6) is 1.97. The van der Waals surface area contributed by atoms with Crippen molar-refractivity contribution in [2.45, 2.75) is 65.0 Å². The topological polar surface area (TPSA) is 35.5 Å². The highest BCUT2D eigenvalue weighted by Crippen LogP contribution is 2.27. The Bertz CT molecular complexity index is 278. The van der Waals surface area contributed by atoms with E-state index in [2.05, 4.69) is 31.0 Å². The van der Waals surface area contributed by atoms with Crippen molar-refractivity contribution in [2.75, 3.05) is 26.2 Å². The molecule has 0 amide bonds. The highest BCUT2D eigenvalue weighted by Gasteiger charge is 2.29. The zero-order valence-electron chi connectivity index (χ0n) is 13.6. The normalized spacial score (nSPS) is 30.4. The molecule has 0 spiro atoms. The maximum atomic E-state index is 10.2. The summed E-state index contributed by atoms with van der Waals surface area (Å²) in [5.41, 5.74) is 0. The van der Waals surface area contributed by atoms with Crippen LogP contribution in [0.2, 0.25) is 0 Å². The van der Waals surface area contributed by atoms with Crippen molar-refractivity contribution in [3.8, 4) is 0 Å².